The average Bonchev–Trinajstić information content (AvgIpc) is 2.38. The molecule has 1 heterocycles. The van der Waals surface area contributed by atoms with E-state index in [0.717, 1.165) is 13.1 Å². The summed E-state index contributed by atoms with van der Waals surface area (Å²) in [5.41, 5.74) is 0.577. The van der Waals surface area contributed by atoms with Gasteiger partial charge in [0.1, 0.15) is 18.0 Å². The lowest BCUT2D eigenvalue weighted by atomic mass is 10.0. The Balaban J connectivity index is 2.06. The molecule has 1 aromatic rings. The quantitative estimate of drug-likeness (QED) is 0.869. The molecule has 17 heavy (non-hydrogen) atoms. The van der Waals surface area contributed by atoms with Gasteiger partial charge in [0.05, 0.1) is 6.61 Å². The summed E-state index contributed by atoms with van der Waals surface area (Å²) in [5.74, 6) is -0.329. The molecule has 0 spiro atoms. The van der Waals surface area contributed by atoms with Gasteiger partial charge in [0.15, 0.2) is 0 Å². The van der Waals surface area contributed by atoms with Gasteiger partial charge < -0.3 is 9.84 Å². The Hall–Kier alpha value is -0.970. The fourth-order valence-corrected chi connectivity index (χ4v) is 2.12. The Kier molecular flexibility index (Phi) is 4.10. The number of nitrogens with zero attached hydrogens (tertiary/aromatic N) is 1. The number of hydrogen-bond acceptors (Lipinski definition) is 3. The third kappa shape index (κ3) is 3.03. The van der Waals surface area contributed by atoms with E-state index < -0.39 is 6.10 Å². The lowest BCUT2D eigenvalue weighted by Gasteiger charge is -2.34. The van der Waals surface area contributed by atoms with Gasteiger partial charge in [-0.25, -0.2) is 4.39 Å². The van der Waals surface area contributed by atoms with Crippen LogP contribution in [0.5, 0.6) is 0 Å². The maximum atomic E-state index is 13.1. The average molecular weight is 239 g/mol. The lowest BCUT2D eigenvalue weighted by Crippen LogP contribution is -2.44. The highest BCUT2D eigenvalue weighted by molar-refractivity contribution is 5.20. The third-order valence-corrected chi connectivity index (χ3v) is 3.17. The Labute approximate surface area is 101 Å². The molecule has 0 aliphatic carbocycles. The highest BCUT2D eigenvalue weighted by Crippen LogP contribution is 2.22. The highest BCUT2D eigenvalue weighted by Gasteiger charge is 2.27. The fraction of sp³-hybridized carbons (Fsp3) is 0.538. The lowest BCUT2D eigenvalue weighted by molar-refractivity contribution is -0.0889. The minimum Gasteiger partial charge on any atom is -0.386 e. The molecule has 1 aliphatic rings. The van der Waals surface area contributed by atoms with E-state index in [0.29, 0.717) is 18.7 Å². The van der Waals surface area contributed by atoms with Crippen LogP contribution in [0.15, 0.2) is 24.3 Å². The van der Waals surface area contributed by atoms with E-state index in [1.54, 1.807) is 12.1 Å². The van der Waals surface area contributed by atoms with Crippen LogP contribution < -0.4 is 0 Å². The number of aliphatic hydroxyl groups excluding tert-OH is 1. The number of likely N-dealkylation sites (N-methyl/N-ethyl adjacent to an activating group) is 1. The standard InChI is InChI=1S/C13H18FNO2/c1-2-15-6-7-17-12(9-15)13(16)10-4-3-5-11(14)8-10/h3-5,8,12-13,16H,2,6-7,9H2,1H3. The molecule has 0 aromatic heterocycles. The number of hydrogen-bond donors (Lipinski definition) is 1. The minimum absolute atomic E-state index is 0.273. The summed E-state index contributed by atoms with van der Waals surface area (Å²) in [7, 11) is 0. The Morgan fingerprint density at radius 2 is 2.41 bits per heavy atom. The molecule has 1 fully saturated rings. The zero-order valence-corrected chi connectivity index (χ0v) is 9.97. The van der Waals surface area contributed by atoms with Crippen molar-refractivity contribution < 1.29 is 14.2 Å². The summed E-state index contributed by atoms with van der Waals surface area (Å²) in [6.07, 6.45) is -1.04. The molecule has 2 unspecified atom stereocenters. The first-order valence-electron chi connectivity index (χ1n) is 5.98. The van der Waals surface area contributed by atoms with Gasteiger partial charge in [-0.05, 0) is 24.2 Å². The normalized spacial score (nSPS) is 23.6. The second-order valence-electron chi connectivity index (χ2n) is 4.30. The van der Waals surface area contributed by atoms with E-state index in [1.807, 2.05) is 0 Å². The second kappa shape index (κ2) is 5.58. The van der Waals surface area contributed by atoms with Crippen LogP contribution in [0.4, 0.5) is 4.39 Å². The van der Waals surface area contributed by atoms with Crippen LogP contribution in [0, 0.1) is 5.82 Å². The fourth-order valence-electron chi connectivity index (χ4n) is 2.12. The summed E-state index contributed by atoms with van der Waals surface area (Å²) >= 11 is 0. The van der Waals surface area contributed by atoms with Gasteiger partial charge in [0.25, 0.3) is 0 Å². The highest BCUT2D eigenvalue weighted by atomic mass is 19.1. The predicted molar refractivity (Wildman–Crippen MR) is 63.2 cm³/mol. The molecule has 1 N–H and O–H groups in total. The van der Waals surface area contributed by atoms with E-state index in [-0.39, 0.29) is 11.9 Å². The molecular weight excluding hydrogens is 221 g/mol. The maximum absolute atomic E-state index is 13.1. The first kappa shape index (κ1) is 12.5. The number of halogens is 1. The van der Waals surface area contributed by atoms with Gasteiger partial charge in [-0.1, -0.05) is 19.1 Å². The topological polar surface area (TPSA) is 32.7 Å². The molecule has 0 amide bonds. The summed E-state index contributed by atoms with van der Waals surface area (Å²) in [4.78, 5) is 2.22. The minimum atomic E-state index is -0.764. The maximum Gasteiger partial charge on any atom is 0.123 e. The molecule has 1 aromatic carbocycles. The van der Waals surface area contributed by atoms with Crippen LogP contribution in [-0.2, 0) is 4.74 Å². The number of ether oxygens (including phenoxy) is 1. The SMILES string of the molecule is CCN1CCOC(C(O)c2cccc(F)c2)C1. The van der Waals surface area contributed by atoms with Crippen molar-refractivity contribution in [2.75, 3.05) is 26.2 Å². The van der Waals surface area contributed by atoms with Gasteiger partial charge in [-0.15, -0.1) is 0 Å². The van der Waals surface area contributed by atoms with Crippen LogP contribution >= 0.6 is 0 Å². The zero-order chi connectivity index (χ0) is 12.3. The molecule has 4 heteroatoms. The van der Waals surface area contributed by atoms with Crippen LogP contribution in [0.2, 0.25) is 0 Å². The largest absolute Gasteiger partial charge is 0.386 e. The van der Waals surface area contributed by atoms with Crippen LogP contribution in [0.1, 0.15) is 18.6 Å². The summed E-state index contributed by atoms with van der Waals surface area (Å²) in [6, 6.07) is 6.06. The van der Waals surface area contributed by atoms with Gasteiger partial charge in [-0.3, -0.25) is 4.90 Å². The van der Waals surface area contributed by atoms with Crippen molar-refractivity contribution in [1.29, 1.82) is 0 Å². The Bertz CT molecular complexity index is 372. The van der Waals surface area contributed by atoms with Crippen molar-refractivity contribution in [3.8, 4) is 0 Å². The summed E-state index contributed by atoms with van der Waals surface area (Å²) in [6.45, 7) is 5.22. The van der Waals surface area contributed by atoms with Crippen molar-refractivity contribution in [3.63, 3.8) is 0 Å². The molecule has 2 rings (SSSR count). The molecule has 0 radical (unpaired) electrons. The molecule has 2 atom stereocenters. The predicted octanol–water partition coefficient (Wildman–Crippen LogP) is 1.58. The second-order valence-corrected chi connectivity index (χ2v) is 4.30. The Morgan fingerprint density at radius 1 is 1.59 bits per heavy atom. The first-order chi connectivity index (χ1) is 8.20. The number of rotatable bonds is 3. The van der Waals surface area contributed by atoms with Crippen molar-refractivity contribution in [3.05, 3.63) is 35.6 Å². The molecule has 1 saturated heterocycles. The Morgan fingerprint density at radius 3 is 3.12 bits per heavy atom. The molecule has 0 bridgehead atoms. The molecular formula is C13H18FNO2. The van der Waals surface area contributed by atoms with Crippen LogP contribution in [0.3, 0.4) is 0 Å². The third-order valence-electron chi connectivity index (χ3n) is 3.17. The van der Waals surface area contributed by atoms with Crippen LogP contribution in [0.25, 0.3) is 0 Å². The van der Waals surface area contributed by atoms with Crippen LogP contribution in [-0.4, -0.2) is 42.4 Å². The van der Waals surface area contributed by atoms with Gasteiger partial charge in [-0.2, -0.15) is 0 Å². The van der Waals surface area contributed by atoms with E-state index in [1.165, 1.54) is 12.1 Å². The molecule has 3 nitrogen and oxygen atoms in total. The summed E-state index contributed by atoms with van der Waals surface area (Å²) < 4.78 is 18.6. The van der Waals surface area contributed by atoms with Crippen molar-refractivity contribution in [2.24, 2.45) is 0 Å². The van der Waals surface area contributed by atoms with E-state index >= 15 is 0 Å². The molecule has 94 valence electrons. The van der Waals surface area contributed by atoms with Crippen molar-refractivity contribution in [2.45, 2.75) is 19.1 Å². The number of benzene rings is 1. The molecule has 1 aliphatic heterocycles. The number of morpholine rings is 1. The monoisotopic (exact) mass is 239 g/mol. The van der Waals surface area contributed by atoms with E-state index in [2.05, 4.69) is 11.8 Å². The molecule has 0 saturated carbocycles. The smallest absolute Gasteiger partial charge is 0.123 e. The van der Waals surface area contributed by atoms with Crippen molar-refractivity contribution in [1.82, 2.24) is 4.90 Å². The van der Waals surface area contributed by atoms with E-state index in [4.69, 9.17) is 4.74 Å². The van der Waals surface area contributed by atoms with Crippen molar-refractivity contribution >= 4 is 0 Å². The summed E-state index contributed by atoms with van der Waals surface area (Å²) in [5, 5.41) is 10.2. The van der Waals surface area contributed by atoms with E-state index in [9.17, 15) is 9.50 Å². The first-order valence-corrected chi connectivity index (χ1v) is 5.98. The van der Waals surface area contributed by atoms with Gasteiger partial charge in [0, 0.05) is 13.1 Å². The number of aliphatic hydroxyl groups is 1. The van der Waals surface area contributed by atoms with Gasteiger partial charge in [0.2, 0.25) is 0 Å². The van der Waals surface area contributed by atoms with Gasteiger partial charge >= 0.3 is 0 Å². The zero-order valence-electron chi connectivity index (χ0n) is 9.97.